The summed E-state index contributed by atoms with van der Waals surface area (Å²) >= 11 is 10.7. The number of benzene rings is 1. The molecule has 0 saturated carbocycles. The summed E-state index contributed by atoms with van der Waals surface area (Å²) in [6.45, 7) is 0.182. The van der Waals surface area contributed by atoms with Gasteiger partial charge in [0.1, 0.15) is 0 Å². The van der Waals surface area contributed by atoms with Gasteiger partial charge in [-0.1, -0.05) is 0 Å². The van der Waals surface area contributed by atoms with E-state index in [2.05, 4.69) is 0 Å². The van der Waals surface area contributed by atoms with Crippen LogP contribution in [0.4, 0.5) is 11.4 Å². The van der Waals surface area contributed by atoms with Gasteiger partial charge in [0.05, 0.1) is 15.9 Å². The molecule has 0 saturated heterocycles. The third-order valence-electron chi connectivity index (χ3n) is 2.03. The second-order valence-electron chi connectivity index (χ2n) is 3.10. The average Bonchev–Trinajstić information content (AvgIpc) is 2.25. The van der Waals surface area contributed by atoms with Crippen molar-refractivity contribution in [1.29, 1.82) is 0 Å². The molecule has 92 valence electrons. The molecule has 17 heavy (non-hydrogen) atoms. The largest absolute Gasteiger partial charge is 0.279 e. The van der Waals surface area contributed by atoms with Crippen LogP contribution in [-0.2, 0) is 6.42 Å². The van der Waals surface area contributed by atoms with E-state index < -0.39 is 9.85 Å². The molecule has 0 radical (unpaired) electrons. The Morgan fingerprint density at radius 3 is 2.29 bits per heavy atom. The molecule has 9 heteroatoms. The molecule has 0 aliphatic heterocycles. The van der Waals surface area contributed by atoms with Crippen molar-refractivity contribution in [3.8, 4) is 0 Å². The summed E-state index contributed by atoms with van der Waals surface area (Å²) in [5, 5.41) is 21.2. The van der Waals surface area contributed by atoms with Crippen LogP contribution in [-0.4, -0.2) is 20.3 Å². The number of hydrogen-bond donors (Lipinski definition) is 0. The van der Waals surface area contributed by atoms with Gasteiger partial charge in [-0.05, 0) is 36.0 Å². The minimum absolute atomic E-state index is 0.182. The topological polar surface area (TPSA) is 89.5 Å². The maximum atomic E-state index is 10.7. The lowest BCUT2D eigenvalue weighted by Gasteiger charge is -2.04. The molecule has 0 amide bonds. The zero-order valence-electron chi connectivity index (χ0n) is 8.38. The summed E-state index contributed by atoms with van der Waals surface area (Å²) in [6, 6.07) is 3.45. The van der Waals surface area contributed by atoms with Crippen LogP contribution in [0.15, 0.2) is 18.2 Å². The van der Waals surface area contributed by atoms with Crippen LogP contribution >= 0.6 is 23.6 Å². The lowest BCUT2D eigenvalue weighted by Crippen LogP contribution is -2.06. The summed E-state index contributed by atoms with van der Waals surface area (Å²) in [4.78, 5) is 19.9. The number of nitrogens with zero attached hydrogens (tertiary/aromatic N) is 3. The fraction of sp³-hybridized carbons (Fsp3) is 0.250. The smallest absolute Gasteiger partial charge is 0.258 e. The van der Waals surface area contributed by atoms with Gasteiger partial charge in [-0.25, -0.2) is 0 Å². The van der Waals surface area contributed by atoms with Crippen molar-refractivity contribution < 1.29 is 9.85 Å². The van der Waals surface area contributed by atoms with E-state index in [9.17, 15) is 20.2 Å². The minimum Gasteiger partial charge on any atom is -0.258 e. The first-order chi connectivity index (χ1) is 7.91. The van der Waals surface area contributed by atoms with Crippen LogP contribution in [0.5, 0.6) is 0 Å². The molecule has 0 aliphatic rings. The molecule has 1 rings (SSSR count). The second-order valence-corrected chi connectivity index (χ2v) is 4.09. The van der Waals surface area contributed by atoms with Gasteiger partial charge < -0.3 is 0 Å². The summed E-state index contributed by atoms with van der Waals surface area (Å²) in [5.74, 6) is 0. The highest BCUT2D eigenvalue weighted by atomic mass is 35.5. The number of hydrogen-bond acceptors (Lipinski definition) is 5. The van der Waals surface area contributed by atoms with Crippen molar-refractivity contribution in [3.05, 3.63) is 44.0 Å². The quantitative estimate of drug-likeness (QED) is 0.470. The molecule has 0 bridgehead atoms. The molecule has 7 nitrogen and oxygen atoms in total. The Morgan fingerprint density at radius 1 is 1.18 bits per heavy atom. The SMILES string of the molecule is O=[N+]([O-])c1ccc(CCN(Cl)Cl)c([N+](=O)[O-])c1. The first-order valence-corrected chi connectivity index (χ1v) is 5.10. The molecule has 0 spiro atoms. The monoisotopic (exact) mass is 279 g/mol. The van der Waals surface area contributed by atoms with E-state index in [1.54, 1.807) is 0 Å². The van der Waals surface area contributed by atoms with Crippen molar-refractivity contribution in [1.82, 2.24) is 3.94 Å². The minimum atomic E-state index is -0.688. The average molecular weight is 280 g/mol. The molecule has 0 atom stereocenters. The van der Waals surface area contributed by atoms with Crippen LogP contribution < -0.4 is 0 Å². The Kier molecular flexibility index (Phi) is 4.62. The molecular formula is C8H7Cl2N3O4. The fourth-order valence-electron chi connectivity index (χ4n) is 1.25. The van der Waals surface area contributed by atoms with E-state index >= 15 is 0 Å². The summed E-state index contributed by atoms with van der Waals surface area (Å²) in [6.07, 6.45) is 0.224. The Hall–Kier alpha value is -1.44. The normalized spacial score (nSPS) is 10.5. The summed E-state index contributed by atoms with van der Waals surface area (Å²) in [5.41, 5.74) is -0.296. The third-order valence-corrected chi connectivity index (χ3v) is 2.36. The maximum Gasteiger partial charge on any atom is 0.279 e. The zero-order chi connectivity index (χ0) is 13.0. The van der Waals surface area contributed by atoms with Gasteiger partial charge in [-0.15, -0.1) is 3.94 Å². The number of nitro benzene ring substituents is 2. The molecule has 0 fully saturated rings. The van der Waals surface area contributed by atoms with E-state index in [-0.39, 0.29) is 24.3 Å². The number of halogens is 2. The number of nitro groups is 2. The van der Waals surface area contributed by atoms with Crippen molar-refractivity contribution in [2.45, 2.75) is 6.42 Å². The number of rotatable bonds is 5. The van der Waals surface area contributed by atoms with E-state index in [0.717, 1.165) is 10.0 Å². The molecule has 0 N–H and O–H groups in total. The van der Waals surface area contributed by atoms with Crippen LogP contribution in [0.2, 0.25) is 0 Å². The van der Waals surface area contributed by atoms with Crippen molar-refractivity contribution >= 4 is 34.9 Å². The van der Waals surface area contributed by atoms with Crippen LogP contribution in [0.25, 0.3) is 0 Å². The Labute approximate surface area is 106 Å². The van der Waals surface area contributed by atoms with Crippen LogP contribution in [0, 0.1) is 20.2 Å². The highest BCUT2D eigenvalue weighted by Crippen LogP contribution is 2.25. The van der Waals surface area contributed by atoms with E-state index in [1.807, 2.05) is 0 Å². The Bertz CT molecular complexity index is 452. The highest BCUT2D eigenvalue weighted by molar-refractivity contribution is 6.33. The molecule has 0 unspecified atom stereocenters. The van der Waals surface area contributed by atoms with Gasteiger partial charge >= 0.3 is 0 Å². The lowest BCUT2D eigenvalue weighted by molar-refractivity contribution is -0.394. The standard InChI is InChI=1S/C8H7Cl2N3O4/c9-11(10)4-3-6-1-2-7(12(14)15)5-8(6)13(16)17/h1-2,5H,3-4H2. The van der Waals surface area contributed by atoms with Gasteiger partial charge in [0.2, 0.25) is 0 Å². The third kappa shape index (κ3) is 3.81. The first-order valence-electron chi connectivity index (χ1n) is 4.42. The predicted octanol–water partition coefficient (Wildman–Crippen LogP) is 2.66. The van der Waals surface area contributed by atoms with Crippen molar-refractivity contribution in [2.75, 3.05) is 6.54 Å². The molecular weight excluding hydrogens is 273 g/mol. The van der Waals surface area contributed by atoms with Crippen LogP contribution in [0.3, 0.4) is 0 Å². The lowest BCUT2D eigenvalue weighted by atomic mass is 10.1. The van der Waals surface area contributed by atoms with Gasteiger partial charge in [-0.2, -0.15) is 0 Å². The molecule has 0 aromatic heterocycles. The zero-order valence-corrected chi connectivity index (χ0v) is 9.89. The van der Waals surface area contributed by atoms with Gasteiger partial charge in [0, 0.05) is 18.2 Å². The summed E-state index contributed by atoms with van der Waals surface area (Å²) in [7, 11) is 0. The highest BCUT2D eigenvalue weighted by Gasteiger charge is 2.19. The predicted molar refractivity (Wildman–Crippen MR) is 61.9 cm³/mol. The maximum absolute atomic E-state index is 10.7. The van der Waals surface area contributed by atoms with Crippen LogP contribution in [0.1, 0.15) is 5.56 Å². The van der Waals surface area contributed by atoms with E-state index in [4.69, 9.17) is 23.6 Å². The van der Waals surface area contributed by atoms with E-state index in [0.29, 0.717) is 5.56 Å². The Balaban J connectivity index is 3.04. The molecule has 1 aromatic rings. The fourth-order valence-corrected chi connectivity index (χ4v) is 1.42. The molecule has 0 heterocycles. The van der Waals surface area contributed by atoms with Gasteiger partial charge in [0.15, 0.2) is 0 Å². The summed E-state index contributed by atoms with van der Waals surface area (Å²) < 4.78 is 0.838. The first kappa shape index (κ1) is 13.6. The van der Waals surface area contributed by atoms with Crippen molar-refractivity contribution in [3.63, 3.8) is 0 Å². The number of non-ortho nitro benzene ring substituents is 1. The van der Waals surface area contributed by atoms with Crippen molar-refractivity contribution in [2.24, 2.45) is 0 Å². The van der Waals surface area contributed by atoms with E-state index in [1.165, 1.54) is 12.1 Å². The Morgan fingerprint density at radius 2 is 1.82 bits per heavy atom. The molecule has 0 aliphatic carbocycles. The van der Waals surface area contributed by atoms with Gasteiger partial charge in [-0.3, -0.25) is 20.2 Å². The second kappa shape index (κ2) is 5.76. The molecule has 1 aromatic carbocycles. The van der Waals surface area contributed by atoms with Gasteiger partial charge in [0.25, 0.3) is 11.4 Å².